The van der Waals surface area contributed by atoms with E-state index in [1.807, 2.05) is 26.0 Å². The summed E-state index contributed by atoms with van der Waals surface area (Å²) in [4.78, 5) is 26.1. The first-order valence-corrected chi connectivity index (χ1v) is 19.5. The lowest BCUT2D eigenvalue weighted by Crippen LogP contribution is -2.41. The maximum absolute atomic E-state index is 13.6. The Bertz CT molecular complexity index is 1840. The van der Waals surface area contributed by atoms with E-state index in [4.69, 9.17) is 0 Å². The zero-order chi connectivity index (χ0) is 36.3. The van der Waals surface area contributed by atoms with Crippen molar-refractivity contribution in [3.05, 3.63) is 119 Å². The molecule has 0 aliphatic carbocycles. The highest BCUT2D eigenvalue weighted by molar-refractivity contribution is 7.93. The van der Waals surface area contributed by atoms with Crippen LogP contribution in [-0.2, 0) is 29.6 Å². The van der Waals surface area contributed by atoms with Crippen molar-refractivity contribution in [3.63, 3.8) is 0 Å². The molecule has 50 heavy (non-hydrogen) atoms. The molecule has 0 aliphatic rings. The lowest BCUT2D eigenvalue weighted by atomic mass is 10.2. The number of amides is 2. The number of hydrogen-bond donors (Lipinski definition) is 2. The molecule has 4 rings (SSSR count). The number of para-hydroxylation sites is 2. The third-order valence-corrected chi connectivity index (χ3v) is 11.9. The molecule has 0 saturated heterocycles. The fraction of sp³-hybridized carbons (Fsp3) is 0.316. The molecular formula is C38H46N4O6S2. The molecule has 0 aliphatic heterocycles. The number of carbonyl (C=O) groups excluding carboxylic acids is 2. The van der Waals surface area contributed by atoms with Crippen molar-refractivity contribution in [2.45, 2.75) is 63.2 Å². The molecular weight excluding hydrogens is 673 g/mol. The first kappa shape index (κ1) is 38.1. The maximum atomic E-state index is 13.6. The molecule has 0 bridgehead atoms. The summed E-state index contributed by atoms with van der Waals surface area (Å²) in [6.45, 7) is 7.41. The van der Waals surface area contributed by atoms with E-state index in [0.717, 1.165) is 43.7 Å². The number of unbranched alkanes of at least 4 members (excludes halogenated alkanes) is 3. The predicted octanol–water partition coefficient (Wildman–Crippen LogP) is 5.80. The molecule has 10 nitrogen and oxygen atoms in total. The summed E-state index contributed by atoms with van der Waals surface area (Å²) in [7, 11) is -7.98. The molecule has 0 radical (unpaired) electrons. The Morgan fingerprint density at radius 3 is 1.18 bits per heavy atom. The minimum atomic E-state index is -3.99. The molecule has 2 amide bonds. The number of carbonyl (C=O) groups is 2. The number of benzene rings is 4. The van der Waals surface area contributed by atoms with E-state index in [-0.39, 0.29) is 22.9 Å². The molecule has 0 atom stereocenters. The molecule has 266 valence electrons. The van der Waals surface area contributed by atoms with E-state index in [1.165, 1.54) is 0 Å². The van der Waals surface area contributed by atoms with Crippen LogP contribution >= 0.6 is 0 Å². The number of sulfonamides is 2. The van der Waals surface area contributed by atoms with Crippen LogP contribution in [0.2, 0.25) is 0 Å². The van der Waals surface area contributed by atoms with Gasteiger partial charge in [0.1, 0.15) is 13.1 Å². The molecule has 0 aromatic heterocycles. The molecule has 4 aromatic carbocycles. The van der Waals surface area contributed by atoms with Gasteiger partial charge in [0.15, 0.2) is 0 Å². The van der Waals surface area contributed by atoms with E-state index in [0.29, 0.717) is 37.3 Å². The predicted molar refractivity (Wildman–Crippen MR) is 198 cm³/mol. The summed E-state index contributed by atoms with van der Waals surface area (Å²) in [6, 6.07) is 27.2. The lowest BCUT2D eigenvalue weighted by molar-refractivity contribution is -0.120. The number of nitrogens with zero attached hydrogens (tertiary/aromatic N) is 2. The van der Waals surface area contributed by atoms with Crippen molar-refractivity contribution in [1.82, 2.24) is 10.6 Å². The second-order valence-electron chi connectivity index (χ2n) is 12.3. The van der Waals surface area contributed by atoms with Crippen LogP contribution < -0.4 is 19.2 Å². The number of nitrogens with one attached hydrogen (secondary N) is 2. The topological polar surface area (TPSA) is 133 Å². The van der Waals surface area contributed by atoms with Crippen LogP contribution in [0.3, 0.4) is 0 Å². The van der Waals surface area contributed by atoms with Gasteiger partial charge in [-0.3, -0.25) is 18.2 Å². The largest absolute Gasteiger partial charge is 0.355 e. The molecule has 0 spiro atoms. The van der Waals surface area contributed by atoms with Gasteiger partial charge in [0.25, 0.3) is 20.0 Å². The highest BCUT2D eigenvalue weighted by Crippen LogP contribution is 2.28. The lowest BCUT2D eigenvalue weighted by Gasteiger charge is -2.25. The third-order valence-electron chi connectivity index (χ3n) is 8.31. The van der Waals surface area contributed by atoms with E-state index in [1.54, 1.807) is 98.8 Å². The number of hydrogen-bond acceptors (Lipinski definition) is 6. The fourth-order valence-corrected chi connectivity index (χ4v) is 8.36. The van der Waals surface area contributed by atoms with E-state index in [2.05, 4.69) is 10.6 Å². The standard InChI is InChI=1S/C38H46N4O6S2/c1-29-17-21-33(22-18-29)49(45,46)41(35-15-9-7-13-31(35)3)27-37(43)39-25-11-5-6-12-26-40-38(44)28-42(36-16-10-8-14-32(36)4)50(47,48)34-23-19-30(2)20-24-34/h7-10,13-24H,5-6,11-12,25-28H2,1-4H3,(H,39,43)(H,40,44). The van der Waals surface area contributed by atoms with Crippen LogP contribution in [0, 0.1) is 27.7 Å². The highest BCUT2D eigenvalue weighted by Gasteiger charge is 2.29. The normalized spacial score (nSPS) is 11.5. The van der Waals surface area contributed by atoms with Crippen LogP contribution in [0.4, 0.5) is 11.4 Å². The molecule has 0 unspecified atom stereocenters. The number of anilines is 2. The van der Waals surface area contributed by atoms with Crippen molar-refractivity contribution in [3.8, 4) is 0 Å². The Morgan fingerprint density at radius 1 is 0.500 bits per heavy atom. The molecule has 0 saturated carbocycles. The van der Waals surface area contributed by atoms with Gasteiger partial charge in [-0.15, -0.1) is 0 Å². The van der Waals surface area contributed by atoms with E-state index >= 15 is 0 Å². The zero-order valence-corrected chi connectivity index (χ0v) is 30.7. The van der Waals surface area contributed by atoms with Gasteiger partial charge in [-0.05, 0) is 88.1 Å². The second-order valence-corrected chi connectivity index (χ2v) is 16.1. The van der Waals surface area contributed by atoms with Gasteiger partial charge in [-0.2, -0.15) is 0 Å². The summed E-state index contributed by atoms with van der Waals surface area (Å²) in [5.74, 6) is -0.815. The van der Waals surface area contributed by atoms with Gasteiger partial charge in [-0.25, -0.2) is 16.8 Å². The highest BCUT2D eigenvalue weighted by atomic mass is 32.2. The quantitative estimate of drug-likeness (QED) is 0.133. The Kier molecular flexibility index (Phi) is 13.2. The number of aryl methyl sites for hydroxylation is 4. The monoisotopic (exact) mass is 718 g/mol. The average molecular weight is 719 g/mol. The summed E-state index contributed by atoms with van der Waals surface area (Å²) >= 11 is 0. The Labute approximate surface area is 296 Å². The first-order valence-electron chi connectivity index (χ1n) is 16.6. The third kappa shape index (κ3) is 9.95. The van der Waals surface area contributed by atoms with Gasteiger partial charge in [0.2, 0.25) is 11.8 Å². The van der Waals surface area contributed by atoms with E-state index < -0.39 is 31.9 Å². The van der Waals surface area contributed by atoms with Crippen LogP contribution in [-0.4, -0.2) is 54.8 Å². The minimum Gasteiger partial charge on any atom is -0.355 e. The average Bonchev–Trinajstić information content (AvgIpc) is 3.08. The van der Waals surface area contributed by atoms with Gasteiger partial charge < -0.3 is 10.6 Å². The molecule has 4 aromatic rings. The molecule has 12 heteroatoms. The zero-order valence-electron chi connectivity index (χ0n) is 29.1. The fourth-order valence-electron chi connectivity index (χ4n) is 5.39. The molecule has 2 N–H and O–H groups in total. The second kappa shape index (κ2) is 17.3. The van der Waals surface area contributed by atoms with Crippen molar-refractivity contribution in [2.75, 3.05) is 34.8 Å². The van der Waals surface area contributed by atoms with Crippen LogP contribution in [0.1, 0.15) is 47.9 Å². The van der Waals surface area contributed by atoms with Gasteiger partial charge in [-0.1, -0.05) is 84.6 Å². The van der Waals surface area contributed by atoms with Crippen LogP contribution in [0.15, 0.2) is 107 Å². The molecule has 0 heterocycles. The van der Waals surface area contributed by atoms with Crippen molar-refractivity contribution < 1.29 is 26.4 Å². The first-order chi connectivity index (χ1) is 23.8. The van der Waals surface area contributed by atoms with Crippen LogP contribution in [0.25, 0.3) is 0 Å². The van der Waals surface area contributed by atoms with Crippen molar-refractivity contribution in [1.29, 1.82) is 0 Å². The molecule has 0 fully saturated rings. The van der Waals surface area contributed by atoms with Gasteiger partial charge in [0, 0.05) is 13.1 Å². The minimum absolute atomic E-state index is 0.113. The SMILES string of the molecule is Cc1ccc(S(=O)(=O)N(CC(=O)NCCCCCCNC(=O)CN(c2ccccc2C)S(=O)(=O)c2ccc(C)cc2)c2ccccc2C)cc1. The Balaban J connectivity index is 1.25. The summed E-state index contributed by atoms with van der Waals surface area (Å²) < 4.78 is 56.7. The number of rotatable bonds is 17. The van der Waals surface area contributed by atoms with Crippen molar-refractivity contribution in [2.24, 2.45) is 0 Å². The Hall–Kier alpha value is -4.68. The van der Waals surface area contributed by atoms with Crippen molar-refractivity contribution >= 4 is 43.2 Å². The van der Waals surface area contributed by atoms with Crippen LogP contribution in [0.5, 0.6) is 0 Å². The van der Waals surface area contributed by atoms with E-state index in [9.17, 15) is 26.4 Å². The summed E-state index contributed by atoms with van der Waals surface area (Å²) in [5, 5.41) is 5.68. The summed E-state index contributed by atoms with van der Waals surface area (Å²) in [6.07, 6.45) is 2.89. The van der Waals surface area contributed by atoms with Gasteiger partial charge >= 0.3 is 0 Å². The summed E-state index contributed by atoms with van der Waals surface area (Å²) in [5.41, 5.74) is 4.22. The Morgan fingerprint density at radius 2 is 0.840 bits per heavy atom. The van der Waals surface area contributed by atoms with Gasteiger partial charge in [0.05, 0.1) is 21.2 Å². The maximum Gasteiger partial charge on any atom is 0.264 e. The smallest absolute Gasteiger partial charge is 0.264 e.